The maximum absolute atomic E-state index is 13.2. The lowest BCUT2D eigenvalue weighted by atomic mass is 10.1. The van der Waals surface area contributed by atoms with Gasteiger partial charge in [0.15, 0.2) is 0 Å². The third-order valence-corrected chi connectivity index (χ3v) is 3.81. The van der Waals surface area contributed by atoms with Crippen molar-refractivity contribution in [3.05, 3.63) is 89.3 Å². The Morgan fingerprint density at radius 1 is 0.767 bits per heavy atom. The quantitative estimate of drug-likeness (QED) is 0.566. The number of halogens is 3. The van der Waals surface area contributed by atoms with Gasteiger partial charge in [-0.2, -0.15) is 13.2 Å². The topological polar surface area (TPSA) is 91.3 Å². The van der Waals surface area contributed by atoms with Crippen molar-refractivity contribution < 1.29 is 32.2 Å². The van der Waals surface area contributed by atoms with E-state index in [4.69, 9.17) is 9.47 Å². The number of hydrogen-bond acceptors (Lipinski definition) is 7. The van der Waals surface area contributed by atoms with E-state index in [-0.39, 0.29) is 13.2 Å². The van der Waals surface area contributed by atoms with Crippen LogP contribution in [0.2, 0.25) is 0 Å². The van der Waals surface area contributed by atoms with E-state index in [2.05, 4.69) is 15.0 Å². The summed E-state index contributed by atoms with van der Waals surface area (Å²) in [4.78, 5) is 35.8. The minimum atomic E-state index is -4.80. The van der Waals surface area contributed by atoms with Gasteiger partial charge in [0.05, 0.1) is 5.56 Å². The van der Waals surface area contributed by atoms with Crippen LogP contribution in [0.3, 0.4) is 0 Å². The number of ether oxygens (including phenoxy) is 2. The molecule has 3 aromatic rings. The van der Waals surface area contributed by atoms with E-state index in [0.717, 1.165) is 0 Å². The van der Waals surface area contributed by atoms with E-state index in [9.17, 15) is 22.8 Å². The van der Waals surface area contributed by atoms with Gasteiger partial charge < -0.3 is 9.47 Å². The van der Waals surface area contributed by atoms with Crippen LogP contribution in [0.4, 0.5) is 13.2 Å². The Bertz CT molecular complexity index is 955. The van der Waals surface area contributed by atoms with Crippen LogP contribution in [-0.4, -0.2) is 26.9 Å². The third-order valence-electron chi connectivity index (χ3n) is 3.81. The summed E-state index contributed by atoms with van der Waals surface area (Å²) in [5, 5.41) is 0. The Morgan fingerprint density at radius 2 is 1.17 bits per heavy atom. The van der Waals surface area contributed by atoms with Crippen LogP contribution >= 0.6 is 0 Å². The minimum Gasteiger partial charge on any atom is -0.456 e. The molecule has 0 unspecified atom stereocenters. The molecular weight excluding hydrogens is 403 g/mol. The first kappa shape index (κ1) is 20.9. The number of aromatic nitrogens is 3. The van der Waals surface area contributed by atoms with Crippen LogP contribution in [0.5, 0.6) is 0 Å². The van der Waals surface area contributed by atoms with Gasteiger partial charge in [0.2, 0.25) is 0 Å². The van der Waals surface area contributed by atoms with Crippen LogP contribution in [0, 0.1) is 0 Å². The summed E-state index contributed by atoms with van der Waals surface area (Å²) < 4.78 is 49.7. The zero-order valence-corrected chi connectivity index (χ0v) is 15.3. The Morgan fingerprint density at radius 3 is 1.53 bits per heavy atom. The summed E-state index contributed by atoms with van der Waals surface area (Å²) in [6, 6.07) is 7.36. The Kier molecular flexibility index (Phi) is 6.35. The van der Waals surface area contributed by atoms with Crippen molar-refractivity contribution >= 4 is 11.9 Å². The average Bonchev–Trinajstić information content (AvgIpc) is 2.76. The second-order valence-electron chi connectivity index (χ2n) is 5.99. The maximum Gasteiger partial charge on any atom is 0.416 e. The van der Waals surface area contributed by atoms with Crippen molar-refractivity contribution in [1.29, 1.82) is 0 Å². The summed E-state index contributed by atoms with van der Waals surface area (Å²) in [6.07, 6.45) is 1.10. The molecule has 0 aromatic carbocycles. The first-order valence-electron chi connectivity index (χ1n) is 8.54. The molecule has 3 heterocycles. The number of hydrogen-bond donors (Lipinski definition) is 0. The fraction of sp³-hybridized carbons (Fsp3) is 0.150. The van der Waals surface area contributed by atoms with Gasteiger partial charge in [-0.1, -0.05) is 0 Å². The molecule has 0 bridgehead atoms. The molecule has 0 aliphatic carbocycles. The van der Waals surface area contributed by atoms with Crippen LogP contribution in [0.15, 0.2) is 61.2 Å². The fourth-order valence-corrected chi connectivity index (χ4v) is 2.31. The van der Waals surface area contributed by atoms with Crippen LogP contribution < -0.4 is 0 Å². The summed E-state index contributed by atoms with van der Waals surface area (Å²) in [5.74, 6) is -2.22. The monoisotopic (exact) mass is 417 g/mol. The van der Waals surface area contributed by atoms with Gasteiger partial charge in [-0.25, -0.2) is 14.6 Å². The lowest BCUT2D eigenvalue weighted by Crippen LogP contribution is -2.17. The zero-order valence-electron chi connectivity index (χ0n) is 15.3. The summed E-state index contributed by atoms with van der Waals surface area (Å²) in [5.41, 5.74) is -1.36. The highest BCUT2D eigenvalue weighted by atomic mass is 19.4. The first-order chi connectivity index (χ1) is 14.3. The van der Waals surface area contributed by atoms with E-state index in [1.54, 1.807) is 24.3 Å². The largest absolute Gasteiger partial charge is 0.456 e. The molecule has 0 fully saturated rings. The Labute approximate surface area is 168 Å². The number of alkyl halides is 3. The van der Waals surface area contributed by atoms with Crippen LogP contribution in [0.1, 0.15) is 37.7 Å². The smallest absolute Gasteiger partial charge is 0.416 e. The predicted molar refractivity (Wildman–Crippen MR) is 96.0 cm³/mol. The van der Waals surface area contributed by atoms with Crippen molar-refractivity contribution in [2.45, 2.75) is 19.4 Å². The fourth-order valence-electron chi connectivity index (χ4n) is 2.31. The molecule has 0 spiro atoms. The maximum atomic E-state index is 13.2. The highest BCUT2D eigenvalue weighted by Gasteiger charge is 2.33. The second-order valence-corrected chi connectivity index (χ2v) is 5.99. The van der Waals surface area contributed by atoms with E-state index in [1.807, 2.05) is 0 Å². The Hall–Kier alpha value is -3.82. The molecule has 0 N–H and O–H groups in total. The van der Waals surface area contributed by atoms with Gasteiger partial charge in [0, 0.05) is 24.8 Å². The molecule has 3 aromatic heterocycles. The van der Waals surface area contributed by atoms with E-state index in [0.29, 0.717) is 23.3 Å². The number of rotatable bonds is 6. The normalized spacial score (nSPS) is 11.0. The van der Waals surface area contributed by atoms with Gasteiger partial charge in [0.25, 0.3) is 0 Å². The van der Waals surface area contributed by atoms with Crippen molar-refractivity contribution in [1.82, 2.24) is 15.0 Å². The lowest BCUT2D eigenvalue weighted by Gasteiger charge is -2.11. The average molecular weight is 417 g/mol. The molecule has 0 aliphatic heterocycles. The molecule has 154 valence electrons. The van der Waals surface area contributed by atoms with Gasteiger partial charge in [-0.3, -0.25) is 9.97 Å². The van der Waals surface area contributed by atoms with E-state index >= 15 is 0 Å². The minimum absolute atomic E-state index is 0.193. The molecule has 3 rings (SSSR count). The number of esters is 2. The molecule has 0 saturated heterocycles. The van der Waals surface area contributed by atoms with Crippen molar-refractivity contribution in [2.75, 3.05) is 0 Å². The summed E-state index contributed by atoms with van der Waals surface area (Å²) in [6.45, 7) is -0.387. The highest BCUT2D eigenvalue weighted by Crippen LogP contribution is 2.30. The second kappa shape index (κ2) is 9.12. The number of pyridine rings is 3. The summed E-state index contributed by atoms with van der Waals surface area (Å²) in [7, 11) is 0. The van der Waals surface area contributed by atoms with Crippen LogP contribution in [-0.2, 0) is 28.9 Å². The zero-order chi connectivity index (χ0) is 21.6. The molecule has 0 radical (unpaired) electrons. The molecule has 30 heavy (non-hydrogen) atoms. The van der Waals surface area contributed by atoms with Crippen molar-refractivity contribution in [3.8, 4) is 0 Å². The predicted octanol–water partition coefficient (Wildman–Crippen LogP) is 3.60. The lowest BCUT2D eigenvalue weighted by molar-refractivity contribution is -0.137. The van der Waals surface area contributed by atoms with Gasteiger partial charge >= 0.3 is 18.1 Å². The van der Waals surface area contributed by atoms with Crippen molar-refractivity contribution in [2.24, 2.45) is 0 Å². The van der Waals surface area contributed by atoms with Gasteiger partial charge in [-0.15, -0.1) is 0 Å². The molecular formula is C20H14F3N3O4. The van der Waals surface area contributed by atoms with Crippen LogP contribution in [0.25, 0.3) is 0 Å². The van der Waals surface area contributed by atoms with E-state index < -0.39 is 35.1 Å². The molecule has 0 aliphatic rings. The molecule has 0 saturated carbocycles. The molecule has 0 atom stereocenters. The molecule has 0 amide bonds. The van der Waals surface area contributed by atoms with Gasteiger partial charge in [-0.05, 0) is 47.5 Å². The first-order valence-corrected chi connectivity index (χ1v) is 8.54. The third kappa shape index (κ3) is 5.60. The molecule has 7 nitrogen and oxygen atoms in total. The highest BCUT2D eigenvalue weighted by molar-refractivity contribution is 5.92. The standard InChI is InChI=1S/C20H14F3N3O4/c21-20(22,23)15-9-16(18(27)29-11-13-1-5-24-6-2-13)26-17(10-15)19(28)30-12-14-3-7-25-8-4-14/h1-10H,11-12H2. The van der Waals surface area contributed by atoms with Gasteiger partial charge in [0.1, 0.15) is 24.6 Å². The van der Waals surface area contributed by atoms with E-state index in [1.165, 1.54) is 24.8 Å². The SMILES string of the molecule is O=C(OCc1ccncc1)c1cc(C(F)(F)F)cc(C(=O)OCc2ccncc2)n1. The number of carbonyl (C=O) groups is 2. The number of carbonyl (C=O) groups excluding carboxylic acids is 2. The molecule has 10 heteroatoms. The Balaban J connectivity index is 1.79. The summed E-state index contributed by atoms with van der Waals surface area (Å²) >= 11 is 0. The van der Waals surface area contributed by atoms with Crippen molar-refractivity contribution in [3.63, 3.8) is 0 Å². The number of nitrogens with zero attached hydrogens (tertiary/aromatic N) is 3.